The summed E-state index contributed by atoms with van der Waals surface area (Å²) < 4.78 is 0. The van der Waals surface area contributed by atoms with Crippen LogP contribution >= 0.6 is 23.2 Å². The summed E-state index contributed by atoms with van der Waals surface area (Å²) in [5, 5.41) is 0.984. The van der Waals surface area contributed by atoms with E-state index in [-0.39, 0.29) is 0 Å². The molecule has 0 saturated heterocycles. The van der Waals surface area contributed by atoms with Crippen LogP contribution in [0, 0.1) is 0 Å². The number of anilines is 3. The third-order valence-electron chi connectivity index (χ3n) is 2.74. The molecule has 0 unspecified atom stereocenters. The number of rotatable bonds is 3. The van der Waals surface area contributed by atoms with Gasteiger partial charge in [-0.1, -0.05) is 41.4 Å². The van der Waals surface area contributed by atoms with Crippen LogP contribution in [0.15, 0.2) is 42.5 Å². The summed E-state index contributed by atoms with van der Waals surface area (Å²) in [4.78, 5) is 2.09. The highest BCUT2D eigenvalue weighted by Gasteiger charge is 2.12. The van der Waals surface area contributed by atoms with Crippen molar-refractivity contribution in [1.82, 2.24) is 0 Å². The Balaban J connectivity index is 2.49. The molecule has 0 aliphatic carbocycles. The number of nitrogen functional groups attached to an aromatic ring is 1. The number of halogens is 2. The Labute approximate surface area is 117 Å². The van der Waals surface area contributed by atoms with Gasteiger partial charge in [-0.25, -0.2) is 0 Å². The van der Waals surface area contributed by atoms with Crippen LogP contribution in [0.1, 0.15) is 6.92 Å². The Morgan fingerprint density at radius 1 is 1.06 bits per heavy atom. The summed E-state index contributed by atoms with van der Waals surface area (Å²) in [6.45, 7) is 2.86. The molecule has 0 radical (unpaired) electrons. The molecular formula is C14H14Cl2N2. The van der Waals surface area contributed by atoms with Gasteiger partial charge in [-0.05, 0) is 31.2 Å². The van der Waals surface area contributed by atoms with Gasteiger partial charge in [-0.2, -0.15) is 0 Å². The molecule has 2 rings (SSSR count). The molecule has 0 amide bonds. The van der Waals surface area contributed by atoms with Crippen LogP contribution in [0.4, 0.5) is 17.1 Å². The normalized spacial score (nSPS) is 10.4. The van der Waals surface area contributed by atoms with Crippen LogP contribution in [0.2, 0.25) is 10.0 Å². The third kappa shape index (κ3) is 2.55. The monoisotopic (exact) mass is 280 g/mol. The van der Waals surface area contributed by atoms with Crippen LogP contribution in [-0.2, 0) is 0 Å². The topological polar surface area (TPSA) is 29.3 Å². The van der Waals surface area contributed by atoms with E-state index >= 15 is 0 Å². The Kier molecular flexibility index (Phi) is 4.00. The highest BCUT2D eigenvalue weighted by Crippen LogP contribution is 2.36. The van der Waals surface area contributed by atoms with Gasteiger partial charge in [-0.3, -0.25) is 0 Å². The summed E-state index contributed by atoms with van der Waals surface area (Å²) in [7, 11) is 0. The third-order valence-corrected chi connectivity index (χ3v) is 3.47. The fourth-order valence-electron chi connectivity index (χ4n) is 1.89. The Morgan fingerprint density at radius 3 is 2.28 bits per heavy atom. The summed E-state index contributed by atoms with van der Waals surface area (Å²) in [5.41, 5.74) is 8.59. The lowest BCUT2D eigenvalue weighted by atomic mass is 10.2. The maximum Gasteiger partial charge on any atom is 0.0660 e. The molecule has 0 bridgehead atoms. The minimum absolute atomic E-state index is 0.474. The second-order valence-electron chi connectivity index (χ2n) is 3.90. The molecule has 2 N–H and O–H groups in total. The average molecular weight is 281 g/mol. The van der Waals surface area contributed by atoms with Gasteiger partial charge in [0.1, 0.15) is 0 Å². The molecule has 0 aliphatic rings. The van der Waals surface area contributed by atoms with E-state index < -0.39 is 0 Å². The highest BCUT2D eigenvalue weighted by molar-refractivity contribution is 6.42. The molecule has 2 aromatic carbocycles. The van der Waals surface area contributed by atoms with Gasteiger partial charge in [0.15, 0.2) is 0 Å². The first-order valence-electron chi connectivity index (χ1n) is 5.70. The first-order chi connectivity index (χ1) is 8.63. The van der Waals surface area contributed by atoms with E-state index in [1.165, 1.54) is 0 Å². The zero-order valence-corrected chi connectivity index (χ0v) is 11.5. The molecule has 94 valence electrons. The van der Waals surface area contributed by atoms with Crippen molar-refractivity contribution in [3.05, 3.63) is 52.5 Å². The van der Waals surface area contributed by atoms with Gasteiger partial charge >= 0.3 is 0 Å². The average Bonchev–Trinajstić information content (AvgIpc) is 2.38. The second-order valence-corrected chi connectivity index (χ2v) is 4.72. The molecule has 0 aromatic heterocycles. The van der Waals surface area contributed by atoms with E-state index in [4.69, 9.17) is 28.9 Å². The van der Waals surface area contributed by atoms with Gasteiger partial charge in [0.05, 0.1) is 21.4 Å². The first-order valence-corrected chi connectivity index (χ1v) is 6.46. The predicted molar refractivity (Wildman–Crippen MR) is 80.0 cm³/mol. The lowest BCUT2D eigenvalue weighted by Gasteiger charge is -2.25. The van der Waals surface area contributed by atoms with Crippen molar-refractivity contribution >= 4 is 40.3 Å². The van der Waals surface area contributed by atoms with Crippen molar-refractivity contribution in [2.75, 3.05) is 17.2 Å². The predicted octanol–water partition coefficient (Wildman–Crippen LogP) is 4.73. The largest absolute Gasteiger partial charge is 0.397 e. The zero-order valence-electron chi connectivity index (χ0n) is 10.0. The minimum atomic E-state index is 0.474. The van der Waals surface area contributed by atoms with Gasteiger partial charge in [0, 0.05) is 12.2 Å². The van der Waals surface area contributed by atoms with E-state index in [9.17, 15) is 0 Å². The summed E-state index contributed by atoms with van der Waals surface area (Å²) in [6.07, 6.45) is 0. The van der Waals surface area contributed by atoms with Crippen LogP contribution in [0.3, 0.4) is 0 Å². The van der Waals surface area contributed by atoms with Crippen molar-refractivity contribution in [2.45, 2.75) is 6.92 Å². The number of benzene rings is 2. The number of para-hydroxylation sites is 1. The van der Waals surface area contributed by atoms with Crippen molar-refractivity contribution in [2.24, 2.45) is 0 Å². The summed E-state index contributed by atoms with van der Waals surface area (Å²) in [6, 6.07) is 13.5. The maximum atomic E-state index is 6.06. The minimum Gasteiger partial charge on any atom is -0.397 e. The molecule has 18 heavy (non-hydrogen) atoms. The summed E-state index contributed by atoms with van der Waals surface area (Å²) in [5.74, 6) is 0. The van der Waals surface area contributed by atoms with E-state index in [1.807, 2.05) is 30.3 Å². The van der Waals surface area contributed by atoms with Crippen LogP contribution in [-0.4, -0.2) is 6.54 Å². The van der Waals surface area contributed by atoms with E-state index in [0.717, 1.165) is 17.9 Å². The fourth-order valence-corrected chi connectivity index (χ4v) is 2.22. The molecule has 0 fully saturated rings. The van der Waals surface area contributed by atoms with Crippen molar-refractivity contribution in [1.29, 1.82) is 0 Å². The quantitative estimate of drug-likeness (QED) is 0.824. The zero-order chi connectivity index (χ0) is 13.1. The number of nitrogens with zero attached hydrogens (tertiary/aromatic N) is 1. The van der Waals surface area contributed by atoms with Gasteiger partial charge in [0.25, 0.3) is 0 Å². The van der Waals surface area contributed by atoms with Crippen LogP contribution in [0.25, 0.3) is 0 Å². The SMILES string of the molecule is CCN(c1ccccc1)c1cc(Cl)c(Cl)cc1N. The van der Waals surface area contributed by atoms with Crippen LogP contribution < -0.4 is 10.6 Å². The van der Waals surface area contributed by atoms with Crippen molar-refractivity contribution in [3.8, 4) is 0 Å². The lowest BCUT2D eigenvalue weighted by molar-refractivity contribution is 1.03. The van der Waals surface area contributed by atoms with E-state index in [0.29, 0.717) is 15.7 Å². The Hall–Kier alpha value is -1.38. The molecular weight excluding hydrogens is 267 g/mol. The molecule has 2 aromatic rings. The van der Waals surface area contributed by atoms with Gasteiger partial charge in [0.2, 0.25) is 0 Å². The fraction of sp³-hybridized carbons (Fsp3) is 0.143. The number of nitrogens with two attached hydrogens (primary N) is 1. The molecule has 0 aliphatic heterocycles. The highest BCUT2D eigenvalue weighted by atomic mass is 35.5. The summed E-state index contributed by atoms with van der Waals surface area (Å²) >= 11 is 12.0. The standard InChI is InChI=1S/C14H14Cl2N2/c1-2-18(10-6-4-3-5-7-10)14-9-12(16)11(15)8-13(14)17/h3-9H,2,17H2,1H3. The lowest BCUT2D eigenvalue weighted by Crippen LogP contribution is -2.17. The molecule has 0 saturated carbocycles. The number of hydrogen-bond acceptors (Lipinski definition) is 2. The molecule has 4 heteroatoms. The molecule has 0 atom stereocenters. The molecule has 0 spiro atoms. The van der Waals surface area contributed by atoms with Gasteiger partial charge < -0.3 is 10.6 Å². The van der Waals surface area contributed by atoms with E-state index in [2.05, 4.69) is 11.8 Å². The van der Waals surface area contributed by atoms with Crippen LogP contribution in [0.5, 0.6) is 0 Å². The van der Waals surface area contributed by atoms with Crippen molar-refractivity contribution in [3.63, 3.8) is 0 Å². The van der Waals surface area contributed by atoms with Gasteiger partial charge in [-0.15, -0.1) is 0 Å². The molecule has 0 heterocycles. The molecule has 2 nitrogen and oxygen atoms in total. The smallest absolute Gasteiger partial charge is 0.0660 e. The maximum absolute atomic E-state index is 6.06. The first kappa shape index (κ1) is 13.1. The number of hydrogen-bond donors (Lipinski definition) is 1. The Morgan fingerprint density at radius 2 is 1.67 bits per heavy atom. The second kappa shape index (κ2) is 5.51. The Bertz CT molecular complexity index is 541. The van der Waals surface area contributed by atoms with E-state index in [1.54, 1.807) is 12.1 Å². The van der Waals surface area contributed by atoms with Crippen molar-refractivity contribution < 1.29 is 0 Å².